The van der Waals surface area contributed by atoms with E-state index in [1.807, 2.05) is 18.2 Å². The smallest absolute Gasteiger partial charge is 0.190 e. The van der Waals surface area contributed by atoms with Gasteiger partial charge in [-0.2, -0.15) is 0 Å². The summed E-state index contributed by atoms with van der Waals surface area (Å²) in [6.07, 6.45) is 2.20. The first-order valence-electron chi connectivity index (χ1n) is 7.39. The van der Waals surface area contributed by atoms with Crippen molar-refractivity contribution in [2.45, 2.75) is 32.8 Å². The number of aliphatic imine (C=N–C) groups is 1. The molecule has 0 amide bonds. The van der Waals surface area contributed by atoms with E-state index in [2.05, 4.69) is 41.6 Å². The van der Waals surface area contributed by atoms with Crippen molar-refractivity contribution < 1.29 is 4.74 Å². The molecule has 0 bridgehead atoms. The Morgan fingerprint density at radius 1 is 1.19 bits per heavy atom. The second kappa shape index (κ2) is 12.9. The van der Waals surface area contributed by atoms with Crippen molar-refractivity contribution in [3.63, 3.8) is 0 Å². The number of hydrogen-bond acceptors (Lipinski definition) is 2. The number of hydrogen-bond donors (Lipinski definition) is 2. The summed E-state index contributed by atoms with van der Waals surface area (Å²) in [4.78, 5) is 4.16. The van der Waals surface area contributed by atoms with Crippen molar-refractivity contribution in [2.75, 3.05) is 26.7 Å². The van der Waals surface area contributed by atoms with Crippen LogP contribution in [-0.4, -0.2) is 32.7 Å². The van der Waals surface area contributed by atoms with Crippen LogP contribution in [0.4, 0.5) is 0 Å². The highest BCUT2D eigenvalue weighted by Gasteiger charge is 2.04. The number of nitrogens with zero attached hydrogens (tertiary/aromatic N) is 1. The summed E-state index contributed by atoms with van der Waals surface area (Å²) in [6.45, 7) is 6.78. The average Bonchev–Trinajstić information content (AvgIpc) is 2.50. The Bertz CT molecular complexity index is 384. The van der Waals surface area contributed by atoms with Crippen LogP contribution >= 0.6 is 24.0 Å². The van der Waals surface area contributed by atoms with E-state index in [-0.39, 0.29) is 30.1 Å². The van der Waals surface area contributed by atoms with Gasteiger partial charge in [-0.15, -0.1) is 24.0 Å². The zero-order valence-electron chi connectivity index (χ0n) is 13.3. The number of benzene rings is 1. The Labute approximate surface area is 145 Å². The van der Waals surface area contributed by atoms with Gasteiger partial charge in [0.1, 0.15) is 0 Å². The van der Waals surface area contributed by atoms with Gasteiger partial charge in [0.05, 0.1) is 6.10 Å². The minimum absolute atomic E-state index is 0. The van der Waals surface area contributed by atoms with Gasteiger partial charge < -0.3 is 15.4 Å². The van der Waals surface area contributed by atoms with Gasteiger partial charge in [0, 0.05) is 26.7 Å². The van der Waals surface area contributed by atoms with Crippen molar-refractivity contribution in [3.05, 3.63) is 35.9 Å². The number of guanidine groups is 1. The SMILES string of the molecule is CCCNC(=NC)NCCCOC(C)c1ccccc1.I. The van der Waals surface area contributed by atoms with E-state index in [9.17, 15) is 0 Å². The van der Waals surface area contributed by atoms with Crippen molar-refractivity contribution in [3.8, 4) is 0 Å². The lowest BCUT2D eigenvalue weighted by Gasteiger charge is -2.14. The maximum atomic E-state index is 5.82. The molecular formula is C16H28IN3O. The van der Waals surface area contributed by atoms with E-state index in [0.29, 0.717) is 0 Å². The number of halogens is 1. The van der Waals surface area contributed by atoms with E-state index in [0.717, 1.165) is 38.5 Å². The van der Waals surface area contributed by atoms with Gasteiger partial charge in [0.15, 0.2) is 5.96 Å². The second-order valence-electron chi connectivity index (χ2n) is 4.70. The molecule has 21 heavy (non-hydrogen) atoms. The molecule has 5 heteroatoms. The first kappa shape index (κ1) is 20.2. The summed E-state index contributed by atoms with van der Waals surface area (Å²) in [6, 6.07) is 10.3. The predicted octanol–water partition coefficient (Wildman–Crippen LogP) is 3.35. The van der Waals surface area contributed by atoms with Gasteiger partial charge in [0.25, 0.3) is 0 Å². The van der Waals surface area contributed by atoms with Gasteiger partial charge >= 0.3 is 0 Å². The Morgan fingerprint density at radius 3 is 2.48 bits per heavy atom. The monoisotopic (exact) mass is 405 g/mol. The van der Waals surface area contributed by atoms with Crippen LogP contribution in [0.5, 0.6) is 0 Å². The van der Waals surface area contributed by atoms with E-state index in [1.54, 1.807) is 7.05 Å². The Hall–Kier alpha value is -0.820. The van der Waals surface area contributed by atoms with Crippen molar-refractivity contribution in [2.24, 2.45) is 4.99 Å². The molecular weight excluding hydrogens is 377 g/mol. The largest absolute Gasteiger partial charge is 0.374 e. The number of nitrogens with one attached hydrogen (secondary N) is 2. The third-order valence-corrected chi connectivity index (χ3v) is 3.02. The summed E-state index contributed by atoms with van der Waals surface area (Å²) in [5.74, 6) is 0.864. The van der Waals surface area contributed by atoms with Crippen molar-refractivity contribution in [1.82, 2.24) is 10.6 Å². The molecule has 0 radical (unpaired) electrons. The van der Waals surface area contributed by atoms with E-state index in [4.69, 9.17) is 4.74 Å². The van der Waals surface area contributed by atoms with Crippen LogP contribution in [0.25, 0.3) is 0 Å². The fraction of sp³-hybridized carbons (Fsp3) is 0.562. The summed E-state index contributed by atoms with van der Waals surface area (Å²) in [7, 11) is 1.79. The Morgan fingerprint density at radius 2 is 1.86 bits per heavy atom. The fourth-order valence-corrected chi connectivity index (χ4v) is 1.82. The van der Waals surface area contributed by atoms with Crippen LogP contribution < -0.4 is 10.6 Å². The van der Waals surface area contributed by atoms with E-state index in [1.165, 1.54) is 5.56 Å². The molecule has 2 N–H and O–H groups in total. The van der Waals surface area contributed by atoms with Gasteiger partial charge in [-0.25, -0.2) is 0 Å². The molecule has 0 aliphatic rings. The lowest BCUT2D eigenvalue weighted by molar-refractivity contribution is 0.0646. The zero-order chi connectivity index (χ0) is 14.6. The van der Waals surface area contributed by atoms with Crippen LogP contribution in [0, 0.1) is 0 Å². The molecule has 1 rings (SSSR count). The maximum absolute atomic E-state index is 5.82. The molecule has 0 spiro atoms. The van der Waals surface area contributed by atoms with E-state index < -0.39 is 0 Å². The standard InChI is InChI=1S/C16H27N3O.HI/c1-4-11-18-16(17-3)19-12-8-13-20-14(2)15-9-6-5-7-10-15;/h5-7,9-10,14H,4,8,11-13H2,1-3H3,(H2,17,18,19);1H. The first-order valence-corrected chi connectivity index (χ1v) is 7.39. The molecule has 0 aliphatic carbocycles. The number of ether oxygens (including phenoxy) is 1. The second-order valence-corrected chi connectivity index (χ2v) is 4.70. The highest BCUT2D eigenvalue weighted by atomic mass is 127. The maximum Gasteiger partial charge on any atom is 0.190 e. The molecule has 4 nitrogen and oxygen atoms in total. The van der Waals surface area contributed by atoms with Gasteiger partial charge in [-0.05, 0) is 25.3 Å². The van der Waals surface area contributed by atoms with Gasteiger partial charge in [0.2, 0.25) is 0 Å². The molecule has 120 valence electrons. The van der Waals surface area contributed by atoms with Crippen LogP contribution in [0.2, 0.25) is 0 Å². The lowest BCUT2D eigenvalue weighted by atomic mass is 10.1. The third kappa shape index (κ3) is 8.93. The molecule has 0 heterocycles. The van der Waals surface area contributed by atoms with Crippen LogP contribution in [0.15, 0.2) is 35.3 Å². The highest BCUT2D eigenvalue weighted by Crippen LogP contribution is 2.15. The third-order valence-electron chi connectivity index (χ3n) is 3.02. The molecule has 0 aromatic heterocycles. The molecule has 0 fully saturated rings. The average molecular weight is 405 g/mol. The summed E-state index contributed by atoms with van der Waals surface area (Å²) in [5, 5.41) is 6.52. The quantitative estimate of drug-likeness (QED) is 0.302. The van der Waals surface area contributed by atoms with Crippen molar-refractivity contribution >= 4 is 29.9 Å². The Balaban J connectivity index is 0.00000400. The summed E-state index contributed by atoms with van der Waals surface area (Å²) < 4.78 is 5.82. The summed E-state index contributed by atoms with van der Waals surface area (Å²) >= 11 is 0. The molecule has 1 aromatic rings. The zero-order valence-corrected chi connectivity index (χ0v) is 15.6. The van der Waals surface area contributed by atoms with Crippen LogP contribution in [0.1, 0.15) is 38.4 Å². The van der Waals surface area contributed by atoms with Crippen LogP contribution in [0.3, 0.4) is 0 Å². The van der Waals surface area contributed by atoms with Gasteiger partial charge in [-0.1, -0.05) is 37.3 Å². The lowest BCUT2D eigenvalue weighted by Crippen LogP contribution is -2.38. The molecule has 0 saturated heterocycles. The van der Waals surface area contributed by atoms with E-state index >= 15 is 0 Å². The normalized spacial score (nSPS) is 12.4. The minimum Gasteiger partial charge on any atom is -0.374 e. The van der Waals surface area contributed by atoms with Crippen molar-refractivity contribution in [1.29, 1.82) is 0 Å². The molecule has 1 unspecified atom stereocenters. The minimum atomic E-state index is 0. The fourth-order valence-electron chi connectivity index (χ4n) is 1.82. The number of rotatable bonds is 8. The van der Waals surface area contributed by atoms with Gasteiger partial charge in [-0.3, -0.25) is 4.99 Å². The summed E-state index contributed by atoms with van der Waals surface area (Å²) in [5.41, 5.74) is 1.22. The molecule has 0 saturated carbocycles. The molecule has 0 aliphatic heterocycles. The molecule has 1 atom stereocenters. The predicted molar refractivity (Wildman–Crippen MR) is 100 cm³/mol. The molecule has 1 aromatic carbocycles. The topological polar surface area (TPSA) is 45.7 Å². The highest BCUT2D eigenvalue weighted by molar-refractivity contribution is 14.0. The van der Waals surface area contributed by atoms with Crippen LogP contribution in [-0.2, 0) is 4.74 Å². The Kier molecular flexibility index (Phi) is 12.4. The first-order chi connectivity index (χ1) is 9.77.